The van der Waals surface area contributed by atoms with Crippen LogP contribution in [0, 0.1) is 12.8 Å². The Labute approximate surface area is 131 Å². The highest BCUT2D eigenvalue weighted by atomic mass is 15.3. The van der Waals surface area contributed by atoms with Gasteiger partial charge in [-0.3, -0.25) is 0 Å². The van der Waals surface area contributed by atoms with Crippen LogP contribution in [-0.2, 0) is 6.54 Å². The maximum Gasteiger partial charge on any atom is 0.226 e. The molecule has 1 saturated heterocycles. The quantitative estimate of drug-likeness (QED) is 0.864. The number of rotatable bonds is 4. The first-order chi connectivity index (χ1) is 10.6. The standard InChI is InChI=1S/C16H24N6/c1-13-9-15(19-16(18-13)20(2)3)22-7-4-5-14(11-22)10-21-8-6-17-12-21/h6,8-9,12,14H,4-5,7,10-11H2,1-3H3. The van der Waals surface area contributed by atoms with Gasteiger partial charge < -0.3 is 14.4 Å². The van der Waals surface area contributed by atoms with Crippen molar-refractivity contribution >= 4 is 11.8 Å². The summed E-state index contributed by atoms with van der Waals surface area (Å²) >= 11 is 0. The summed E-state index contributed by atoms with van der Waals surface area (Å²) in [5.41, 5.74) is 1.02. The molecule has 3 heterocycles. The van der Waals surface area contributed by atoms with Crippen molar-refractivity contribution in [3.05, 3.63) is 30.5 Å². The van der Waals surface area contributed by atoms with Gasteiger partial charge in [-0.2, -0.15) is 4.98 Å². The van der Waals surface area contributed by atoms with Gasteiger partial charge in [-0.15, -0.1) is 0 Å². The number of aryl methyl sites for hydroxylation is 1. The van der Waals surface area contributed by atoms with E-state index in [1.165, 1.54) is 12.8 Å². The summed E-state index contributed by atoms with van der Waals surface area (Å²) in [5.74, 6) is 2.47. The number of nitrogens with zero attached hydrogens (tertiary/aromatic N) is 6. The summed E-state index contributed by atoms with van der Waals surface area (Å²) < 4.78 is 2.17. The molecule has 6 nitrogen and oxygen atoms in total. The molecule has 0 bridgehead atoms. The molecule has 0 saturated carbocycles. The van der Waals surface area contributed by atoms with Gasteiger partial charge in [0.2, 0.25) is 5.95 Å². The Balaban J connectivity index is 1.74. The van der Waals surface area contributed by atoms with Gasteiger partial charge >= 0.3 is 0 Å². The molecule has 1 atom stereocenters. The summed E-state index contributed by atoms with van der Waals surface area (Å²) in [7, 11) is 3.97. The van der Waals surface area contributed by atoms with Crippen LogP contribution in [0.15, 0.2) is 24.8 Å². The van der Waals surface area contributed by atoms with Gasteiger partial charge in [0.25, 0.3) is 0 Å². The van der Waals surface area contributed by atoms with E-state index >= 15 is 0 Å². The van der Waals surface area contributed by atoms with Crippen LogP contribution in [0.1, 0.15) is 18.5 Å². The number of imidazole rings is 1. The minimum Gasteiger partial charge on any atom is -0.356 e. The van der Waals surface area contributed by atoms with E-state index in [0.29, 0.717) is 5.92 Å². The summed E-state index contributed by atoms with van der Waals surface area (Å²) in [6.07, 6.45) is 8.26. The number of piperidine rings is 1. The van der Waals surface area contributed by atoms with Crippen LogP contribution in [0.2, 0.25) is 0 Å². The van der Waals surface area contributed by atoms with Crippen LogP contribution in [0.25, 0.3) is 0 Å². The van der Waals surface area contributed by atoms with Gasteiger partial charge in [-0.05, 0) is 25.7 Å². The second-order valence-corrected chi connectivity index (χ2v) is 6.28. The van der Waals surface area contributed by atoms with Crippen molar-refractivity contribution < 1.29 is 0 Å². The smallest absolute Gasteiger partial charge is 0.226 e. The molecule has 3 rings (SSSR count). The molecular formula is C16H24N6. The highest BCUT2D eigenvalue weighted by molar-refractivity contribution is 5.45. The summed E-state index contributed by atoms with van der Waals surface area (Å²) in [5, 5.41) is 0. The highest BCUT2D eigenvalue weighted by Gasteiger charge is 2.22. The van der Waals surface area contributed by atoms with Gasteiger partial charge in [-0.25, -0.2) is 9.97 Å². The predicted octanol–water partition coefficient (Wildman–Crippen LogP) is 1.96. The first-order valence-corrected chi connectivity index (χ1v) is 7.85. The second kappa shape index (κ2) is 6.34. The van der Waals surface area contributed by atoms with Gasteiger partial charge in [0, 0.05) is 57.9 Å². The van der Waals surface area contributed by atoms with Gasteiger partial charge in [0.15, 0.2) is 0 Å². The lowest BCUT2D eigenvalue weighted by Crippen LogP contribution is -2.37. The maximum atomic E-state index is 4.71. The van der Waals surface area contributed by atoms with E-state index in [1.807, 2.05) is 44.6 Å². The third kappa shape index (κ3) is 3.37. The van der Waals surface area contributed by atoms with E-state index in [0.717, 1.165) is 37.1 Å². The average Bonchev–Trinajstić information content (AvgIpc) is 3.00. The van der Waals surface area contributed by atoms with Crippen LogP contribution in [0.4, 0.5) is 11.8 Å². The van der Waals surface area contributed by atoms with E-state index in [-0.39, 0.29) is 0 Å². The Morgan fingerprint density at radius 2 is 2.18 bits per heavy atom. The fraction of sp³-hybridized carbons (Fsp3) is 0.562. The number of aromatic nitrogens is 4. The van der Waals surface area contributed by atoms with Crippen molar-refractivity contribution in [3.8, 4) is 0 Å². The summed E-state index contributed by atoms with van der Waals surface area (Å²) in [4.78, 5) is 17.7. The largest absolute Gasteiger partial charge is 0.356 e. The summed E-state index contributed by atoms with van der Waals surface area (Å²) in [6.45, 7) is 5.18. The number of anilines is 2. The third-order valence-corrected chi connectivity index (χ3v) is 4.10. The Hall–Kier alpha value is -2.11. The van der Waals surface area contributed by atoms with Crippen molar-refractivity contribution in [1.82, 2.24) is 19.5 Å². The second-order valence-electron chi connectivity index (χ2n) is 6.28. The maximum absolute atomic E-state index is 4.71. The monoisotopic (exact) mass is 300 g/mol. The summed E-state index contributed by atoms with van der Waals surface area (Å²) in [6, 6.07) is 2.09. The molecule has 1 aliphatic rings. The van der Waals surface area contributed by atoms with Crippen LogP contribution in [0.5, 0.6) is 0 Å². The van der Waals surface area contributed by atoms with Crippen LogP contribution < -0.4 is 9.80 Å². The Morgan fingerprint density at radius 3 is 2.91 bits per heavy atom. The topological polar surface area (TPSA) is 50.1 Å². The lowest BCUT2D eigenvalue weighted by Gasteiger charge is -2.34. The molecule has 22 heavy (non-hydrogen) atoms. The molecule has 0 amide bonds. The molecule has 0 radical (unpaired) electrons. The fourth-order valence-electron chi connectivity index (χ4n) is 3.01. The average molecular weight is 300 g/mol. The molecule has 0 spiro atoms. The van der Waals surface area contributed by atoms with E-state index in [4.69, 9.17) is 4.98 Å². The van der Waals surface area contributed by atoms with Crippen LogP contribution in [-0.4, -0.2) is 46.7 Å². The zero-order valence-electron chi connectivity index (χ0n) is 13.6. The molecule has 2 aromatic rings. The Morgan fingerprint density at radius 1 is 1.32 bits per heavy atom. The molecular weight excluding hydrogens is 276 g/mol. The molecule has 0 N–H and O–H groups in total. The van der Waals surface area contributed by atoms with Gasteiger partial charge in [0.1, 0.15) is 5.82 Å². The SMILES string of the molecule is Cc1cc(N2CCCC(Cn3ccnc3)C2)nc(N(C)C)n1. The van der Waals surface area contributed by atoms with Crippen molar-refractivity contribution in [3.63, 3.8) is 0 Å². The fourth-order valence-corrected chi connectivity index (χ4v) is 3.01. The Kier molecular flexibility index (Phi) is 4.27. The lowest BCUT2D eigenvalue weighted by atomic mass is 9.98. The van der Waals surface area contributed by atoms with Crippen LogP contribution in [0.3, 0.4) is 0 Å². The van der Waals surface area contributed by atoms with Crippen molar-refractivity contribution in [2.75, 3.05) is 37.0 Å². The molecule has 6 heteroatoms. The lowest BCUT2D eigenvalue weighted by molar-refractivity contribution is 0.365. The van der Waals surface area contributed by atoms with Crippen molar-refractivity contribution in [2.45, 2.75) is 26.3 Å². The molecule has 1 aliphatic heterocycles. The molecule has 0 aromatic carbocycles. The zero-order chi connectivity index (χ0) is 15.5. The first-order valence-electron chi connectivity index (χ1n) is 7.85. The van der Waals surface area contributed by atoms with Crippen molar-refractivity contribution in [2.24, 2.45) is 5.92 Å². The molecule has 0 aliphatic carbocycles. The van der Waals surface area contributed by atoms with E-state index in [1.54, 1.807) is 0 Å². The van der Waals surface area contributed by atoms with E-state index in [9.17, 15) is 0 Å². The van der Waals surface area contributed by atoms with Gasteiger partial charge in [-0.1, -0.05) is 0 Å². The molecule has 1 unspecified atom stereocenters. The van der Waals surface area contributed by atoms with Gasteiger partial charge in [0.05, 0.1) is 6.33 Å². The van der Waals surface area contributed by atoms with E-state index < -0.39 is 0 Å². The number of hydrogen-bond donors (Lipinski definition) is 0. The van der Waals surface area contributed by atoms with E-state index in [2.05, 4.69) is 25.5 Å². The predicted molar refractivity (Wildman–Crippen MR) is 88.3 cm³/mol. The third-order valence-electron chi connectivity index (χ3n) is 4.10. The first kappa shape index (κ1) is 14.8. The molecule has 118 valence electrons. The molecule has 1 fully saturated rings. The minimum atomic E-state index is 0.640. The zero-order valence-corrected chi connectivity index (χ0v) is 13.6. The van der Waals surface area contributed by atoms with Crippen LogP contribution >= 0.6 is 0 Å². The van der Waals surface area contributed by atoms with Crippen molar-refractivity contribution in [1.29, 1.82) is 0 Å². The minimum absolute atomic E-state index is 0.640. The highest BCUT2D eigenvalue weighted by Crippen LogP contribution is 2.24. The normalized spacial score (nSPS) is 18.5. The number of hydrogen-bond acceptors (Lipinski definition) is 5. The molecule has 2 aromatic heterocycles. The Bertz CT molecular complexity index is 607.